The summed E-state index contributed by atoms with van der Waals surface area (Å²) in [6.45, 7) is 3.45. The fourth-order valence-corrected chi connectivity index (χ4v) is 2.46. The van der Waals surface area contributed by atoms with Gasteiger partial charge in [0.25, 0.3) is 0 Å². The van der Waals surface area contributed by atoms with Crippen LogP contribution < -0.4 is 0 Å². The van der Waals surface area contributed by atoms with Crippen molar-refractivity contribution in [1.82, 2.24) is 9.80 Å². The normalized spacial score (nSPS) is 18.2. The lowest BCUT2D eigenvalue weighted by Crippen LogP contribution is -2.37. The highest BCUT2D eigenvalue weighted by Gasteiger charge is 2.21. The minimum absolute atomic E-state index is 0.304. The predicted octanol–water partition coefficient (Wildman–Crippen LogP) is 1.17. The molecule has 90 valence electrons. The average Bonchev–Trinajstić information content (AvgIpc) is 2.68. The summed E-state index contributed by atoms with van der Waals surface area (Å²) in [7, 11) is 4.23. The summed E-state index contributed by atoms with van der Waals surface area (Å²) in [4.78, 5) is 4.71. The molecular weight excluding hydrogens is 188 g/mol. The molecule has 0 unspecified atom stereocenters. The maximum atomic E-state index is 9.05. The van der Waals surface area contributed by atoms with Crippen molar-refractivity contribution in [1.29, 1.82) is 0 Å². The van der Waals surface area contributed by atoms with E-state index in [1.807, 2.05) is 0 Å². The molecule has 0 aliphatic heterocycles. The third-order valence-electron chi connectivity index (χ3n) is 3.28. The molecule has 15 heavy (non-hydrogen) atoms. The van der Waals surface area contributed by atoms with E-state index < -0.39 is 0 Å². The van der Waals surface area contributed by atoms with Crippen LogP contribution >= 0.6 is 0 Å². The van der Waals surface area contributed by atoms with Crippen LogP contribution in [0.5, 0.6) is 0 Å². The van der Waals surface area contributed by atoms with Crippen molar-refractivity contribution in [2.45, 2.75) is 38.1 Å². The van der Waals surface area contributed by atoms with E-state index in [1.54, 1.807) is 0 Å². The van der Waals surface area contributed by atoms with Crippen LogP contribution in [-0.2, 0) is 0 Å². The Kier molecular flexibility index (Phi) is 6.22. The van der Waals surface area contributed by atoms with Crippen molar-refractivity contribution in [3.8, 4) is 0 Å². The maximum Gasteiger partial charge on any atom is 0.0558 e. The van der Waals surface area contributed by atoms with Gasteiger partial charge in [-0.2, -0.15) is 0 Å². The van der Waals surface area contributed by atoms with Gasteiger partial charge in [-0.3, -0.25) is 4.90 Å². The van der Waals surface area contributed by atoms with E-state index in [9.17, 15) is 0 Å². The minimum Gasteiger partial charge on any atom is -0.395 e. The summed E-state index contributed by atoms with van der Waals surface area (Å²) in [6, 6.07) is 0.749. The Balaban J connectivity index is 2.23. The SMILES string of the molecule is CN(C)CCCN(CCO)C1CCCC1. The number of nitrogens with zero attached hydrogens (tertiary/aromatic N) is 2. The van der Waals surface area contributed by atoms with Crippen LogP contribution in [0.2, 0.25) is 0 Å². The van der Waals surface area contributed by atoms with E-state index in [0.717, 1.165) is 25.7 Å². The first kappa shape index (κ1) is 12.9. The molecular formula is C12H26N2O. The topological polar surface area (TPSA) is 26.7 Å². The van der Waals surface area contributed by atoms with Crippen LogP contribution in [0.1, 0.15) is 32.1 Å². The lowest BCUT2D eigenvalue weighted by molar-refractivity contribution is 0.146. The molecule has 0 aromatic rings. The van der Waals surface area contributed by atoms with Crippen molar-refractivity contribution in [3.63, 3.8) is 0 Å². The van der Waals surface area contributed by atoms with Crippen molar-refractivity contribution in [3.05, 3.63) is 0 Å². The molecule has 0 spiro atoms. The molecule has 0 atom stereocenters. The Hall–Kier alpha value is -0.120. The molecule has 0 radical (unpaired) electrons. The third-order valence-corrected chi connectivity index (χ3v) is 3.28. The summed E-state index contributed by atoms with van der Waals surface area (Å²) in [5.74, 6) is 0. The number of hydrogen-bond acceptors (Lipinski definition) is 3. The molecule has 3 nitrogen and oxygen atoms in total. The number of hydrogen-bond donors (Lipinski definition) is 1. The minimum atomic E-state index is 0.304. The van der Waals surface area contributed by atoms with Gasteiger partial charge >= 0.3 is 0 Å². The van der Waals surface area contributed by atoms with E-state index >= 15 is 0 Å². The highest BCUT2D eigenvalue weighted by Crippen LogP contribution is 2.23. The zero-order valence-electron chi connectivity index (χ0n) is 10.3. The van der Waals surface area contributed by atoms with Gasteiger partial charge in [-0.25, -0.2) is 0 Å². The third kappa shape index (κ3) is 4.96. The molecule has 0 amide bonds. The molecule has 0 bridgehead atoms. The zero-order valence-corrected chi connectivity index (χ0v) is 10.3. The van der Waals surface area contributed by atoms with E-state index in [2.05, 4.69) is 23.9 Å². The summed E-state index contributed by atoms with van der Waals surface area (Å²) in [5.41, 5.74) is 0. The first-order valence-electron chi connectivity index (χ1n) is 6.23. The van der Waals surface area contributed by atoms with Gasteiger partial charge in [-0.15, -0.1) is 0 Å². The Morgan fingerprint density at radius 2 is 1.73 bits per heavy atom. The Morgan fingerprint density at radius 1 is 1.07 bits per heavy atom. The maximum absolute atomic E-state index is 9.05. The molecule has 1 saturated carbocycles. The van der Waals surface area contributed by atoms with Crippen LogP contribution in [0.3, 0.4) is 0 Å². The number of aliphatic hydroxyl groups is 1. The van der Waals surface area contributed by atoms with E-state index in [4.69, 9.17) is 5.11 Å². The van der Waals surface area contributed by atoms with Gasteiger partial charge in [0.05, 0.1) is 6.61 Å². The molecule has 1 N–H and O–H groups in total. The molecule has 0 aromatic carbocycles. The fourth-order valence-electron chi connectivity index (χ4n) is 2.46. The van der Waals surface area contributed by atoms with Gasteiger partial charge in [-0.05, 0) is 46.4 Å². The van der Waals surface area contributed by atoms with Crippen molar-refractivity contribution < 1.29 is 5.11 Å². The number of rotatable bonds is 7. The largest absolute Gasteiger partial charge is 0.395 e. The summed E-state index contributed by atoms with van der Waals surface area (Å²) >= 11 is 0. The van der Waals surface area contributed by atoms with Gasteiger partial charge in [0.15, 0.2) is 0 Å². The molecule has 3 heteroatoms. The highest BCUT2D eigenvalue weighted by atomic mass is 16.3. The van der Waals surface area contributed by atoms with Gasteiger partial charge in [0.1, 0.15) is 0 Å². The zero-order chi connectivity index (χ0) is 11.1. The van der Waals surface area contributed by atoms with Gasteiger partial charge in [-0.1, -0.05) is 12.8 Å². The first-order chi connectivity index (χ1) is 7.24. The van der Waals surface area contributed by atoms with Crippen LogP contribution in [0.15, 0.2) is 0 Å². The second kappa shape index (κ2) is 7.20. The van der Waals surface area contributed by atoms with Crippen LogP contribution in [0.4, 0.5) is 0 Å². The Morgan fingerprint density at radius 3 is 2.27 bits per heavy atom. The van der Waals surface area contributed by atoms with E-state index in [1.165, 1.54) is 32.1 Å². The quantitative estimate of drug-likeness (QED) is 0.689. The monoisotopic (exact) mass is 214 g/mol. The van der Waals surface area contributed by atoms with E-state index in [0.29, 0.717) is 6.61 Å². The molecule has 1 aliphatic rings. The van der Waals surface area contributed by atoms with Gasteiger partial charge < -0.3 is 10.0 Å². The smallest absolute Gasteiger partial charge is 0.0558 e. The second-order valence-corrected chi connectivity index (χ2v) is 4.85. The Labute approximate surface area is 94.1 Å². The summed E-state index contributed by atoms with van der Waals surface area (Å²) in [5, 5.41) is 9.05. The van der Waals surface area contributed by atoms with Crippen molar-refractivity contribution in [2.24, 2.45) is 0 Å². The summed E-state index contributed by atoms with van der Waals surface area (Å²) in [6.07, 6.45) is 6.63. The number of aliphatic hydroxyl groups excluding tert-OH is 1. The lowest BCUT2D eigenvalue weighted by atomic mass is 10.2. The van der Waals surface area contributed by atoms with Crippen molar-refractivity contribution >= 4 is 0 Å². The lowest BCUT2D eigenvalue weighted by Gasteiger charge is -2.28. The average molecular weight is 214 g/mol. The predicted molar refractivity (Wildman–Crippen MR) is 64.1 cm³/mol. The van der Waals surface area contributed by atoms with E-state index in [-0.39, 0.29) is 0 Å². The molecule has 0 heterocycles. The Bertz CT molecular complexity index is 156. The van der Waals surface area contributed by atoms with Gasteiger partial charge in [0, 0.05) is 12.6 Å². The standard InChI is InChI=1S/C12H26N2O/c1-13(2)8-5-9-14(10-11-15)12-6-3-4-7-12/h12,15H,3-11H2,1-2H3. The first-order valence-corrected chi connectivity index (χ1v) is 6.23. The highest BCUT2D eigenvalue weighted by molar-refractivity contribution is 4.77. The molecule has 1 aliphatic carbocycles. The molecule has 1 rings (SSSR count). The van der Waals surface area contributed by atoms with Gasteiger partial charge in [0.2, 0.25) is 0 Å². The second-order valence-electron chi connectivity index (χ2n) is 4.85. The van der Waals surface area contributed by atoms with Crippen LogP contribution in [0, 0.1) is 0 Å². The van der Waals surface area contributed by atoms with Crippen LogP contribution in [0.25, 0.3) is 0 Å². The summed E-state index contributed by atoms with van der Waals surface area (Å²) < 4.78 is 0. The fraction of sp³-hybridized carbons (Fsp3) is 1.00. The van der Waals surface area contributed by atoms with Crippen LogP contribution in [-0.4, -0.2) is 61.3 Å². The molecule has 0 saturated heterocycles. The van der Waals surface area contributed by atoms with Crippen molar-refractivity contribution in [2.75, 3.05) is 40.3 Å². The molecule has 1 fully saturated rings. The molecule has 0 aromatic heterocycles.